The maximum atomic E-state index is 12.5. The Morgan fingerprint density at radius 3 is 2.40 bits per heavy atom. The number of benzene rings is 1. The van der Waals surface area contributed by atoms with Gasteiger partial charge in [-0.05, 0) is 72.7 Å². The van der Waals surface area contributed by atoms with E-state index in [1.165, 1.54) is 18.1 Å². The van der Waals surface area contributed by atoms with Crippen molar-refractivity contribution in [3.63, 3.8) is 0 Å². The minimum atomic E-state index is -0.130. The number of imidazole rings is 1. The van der Waals surface area contributed by atoms with Gasteiger partial charge in [-0.15, -0.1) is 0 Å². The number of carbonyl (C=O) groups is 2. The molecule has 0 spiro atoms. The topological polar surface area (TPSA) is 123 Å². The second kappa shape index (κ2) is 18.5. The lowest BCUT2D eigenvalue weighted by Crippen LogP contribution is -2.30. The van der Waals surface area contributed by atoms with Gasteiger partial charge in [-0.25, -0.2) is 19.3 Å². The number of hydrogen-bond acceptors (Lipinski definition) is 6. The lowest BCUT2D eigenvalue weighted by molar-refractivity contribution is -0.114. The number of fused-ring (bicyclic) bond motifs is 1. The average molecular weight is 612 g/mol. The van der Waals surface area contributed by atoms with Crippen molar-refractivity contribution in [3.8, 4) is 0 Å². The molecule has 2 amide bonds. The summed E-state index contributed by atoms with van der Waals surface area (Å²) in [5.74, 6) is 1.44. The number of rotatable bonds is 7. The number of hydrogen-bond donors (Lipinski definition) is 2. The first-order valence-corrected chi connectivity index (χ1v) is 15.3. The molecule has 3 heterocycles. The van der Waals surface area contributed by atoms with Crippen LogP contribution in [0.15, 0.2) is 76.9 Å². The molecule has 238 valence electrons. The molecule has 0 bridgehead atoms. The van der Waals surface area contributed by atoms with Crippen LogP contribution >= 0.6 is 0 Å². The van der Waals surface area contributed by atoms with Crippen molar-refractivity contribution < 1.29 is 9.59 Å². The third-order valence-corrected chi connectivity index (χ3v) is 6.87. The standard InChI is InChI=1S/C17H17N3O2.C14H16N4O.2C2H6/c1-11(22)20-17-16(3-2-6-18-17)14-7-12-4-5-15(19-10-21)9-13(12)8-14;1-4-11-12(5-2)18(14(19)17(11)6-3)13-7-8-15-9-10-16-13;2*1-2/h2-6,9-10,14H,7-8H2,1H3,(H,19,21)(H,18,20,22);4-5,8-10H,1-2,6-7H2,3H3;2*1-2H3. The SMILES string of the molecule is C=Cc1c(C=C)n(C2=NC=CN=CC2)c(=O)n1CC.CC.CC.CC(=O)Nc1ncccc1C1Cc2ccc(NC=O)cc2C1. The fourth-order valence-corrected chi connectivity index (χ4v) is 5.11. The molecule has 0 fully saturated rings. The largest absolute Gasteiger partial charge is 0.334 e. The Morgan fingerprint density at radius 2 is 1.76 bits per heavy atom. The van der Waals surface area contributed by atoms with E-state index in [0.717, 1.165) is 29.8 Å². The molecular formula is C35H45N7O3. The van der Waals surface area contributed by atoms with Crippen molar-refractivity contribution in [2.75, 3.05) is 10.6 Å². The van der Waals surface area contributed by atoms with E-state index in [-0.39, 0.29) is 17.5 Å². The highest BCUT2D eigenvalue weighted by molar-refractivity contribution is 5.97. The van der Waals surface area contributed by atoms with Gasteiger partial charge in [0, 0.05) is 50.4 Å². The molecule has 10 heteroatoms. The van der Waals surface area contributed by atoms with Crippen LogP contribution in [0.4, 0.5) is 11.5 Å². The van der Waals surface area contributed by atoms with Crippen LogP contribution in [-0.4, -0.2) is 38.5 Å². The van der Waals surface area contributed by atoms with E-state index in [1.807, 2.05) is 58.9 Å². The first-order chi connectivity index (χ1) is 21.9. The van der Waals surface area contributed by atoms with Gasteiger partial charge >= 0.3 is 5.69 Å². The van der Waals surface area contributed by atoms with Crippen LogP contribution in [0.25, 0.3) is 12.2 Å². The molecule has 0 saturated carbocycles. The maximum absolute atomic E-state index is 12.5. The summed E-state index contributed by atoms with van der Waals surface area (Å²) in [4.78, 5) is 46.9. The molecule has 10 nitrogen and oxygen atoms in total. The predicted octanol–water partition coefficient (Wildman–Crippen LogP) is 6.69. The Kier molecular flexibility index (Phi) is 14.8. The highest BCUT2D eigenvalue weighted by Crippen LogP contribution is 2.37. The minimum Gasteiger partial charge on any atom is -0.329 e. The summed E-state index contributed by atoms with van der Waals surface area (Å²) in [6.45, 7) is 19.5. The highest BCUT2D eigenvalue weighted by atomic mass is 16.2. The number of anilines is 2. The van der Waals surface area contributed by atoms with Crippen LogP contribution in [-0.2, 0) is 29.0 Å². The van der Waals surface area contributed by atoms with Crippen LogP contribution < -0.4 is 16.3 Å². The van der Waals surface area contributed by atoms with E-state index in [4.69, 9.17) is 0 Å². The summed E-state index contributed by atoms with van der Waals surface area (Å²) in [7, 11) is 0. The first-order valence-electron chi connectivity index (χ1n) is 15.3. The average Bonchev–Trinajstić information content (AvgIpc) is 3.48. The van der Waals surface area contributed by atoms with E-state index in [2.05, 4.69) is 44.8 Å². The molecule has 0 saturated heterocycles. The molecule has 1 unspecified atom stereocenters. The van der Waals surface area contributed by atoms with Crippen molar-refractivity contribution in [2.24, 2.45) is 9.98 Å². The van der Waals surface area contributed by atoms with Gasteiger partial charge in [0.1, 0.15) is 11.7 Å². The summed E-state index contributed by atoms with van der Waals surface area (Å²) in [6.07, 6.45) is 12.9. The van der Waals surface area contributed by atoms with Crippen LogP contribution in [0, 0.1) is 0 Å². The van der Waals surface area contributed by atoms with E-state index in [0.29, 0.717) is 36.7 Å². The fraction of sp³-hybridized carbons (Fsp3) is 0.314. The van der Waals surface area contributed by atoms with Gasteiger partial charge in [0.25, 0.3) is 0 Å². The molecule has 1 atom stereocenters. The number of nitrogens with one attached hydrogen (secondary N) is 2. The van der Waals surface area contributed by atoms with Gasteiger partial charge in [-0.3, -0.25) is 19.1 Å². The molecule has 2 aliphatic rings. The van der Waals surface area contributed by atoms with Crippen molar-refractivity contribution in [2.45, 2.75) is 73.3 Å². The van der Waals surface area contributed by atoms with E-state index in [9.17, 15) is 14.4 Å². The van der Waals surface area contributed by atoms with Crippen molar-refractivity contribution in [3.05, 3.63) is 101 Å². The number of pyridine rings is 1. The Bertz CT molecular complexity index is 1630. The smallest absolute Gasteiger partial charge is 0.329 e. The van der Waals surface area contributed by atoms with Gasteiger partial charge in [-0.2, -0.15) is 0 Å². The highest BCUT2D eigenvalue weighted by Gasteiger charge is 2.26. The summed E-state index contributed by atoms with van der Waals surface area (Å²) >= 11 is 0. The molecule has 3 aromatic rings. The molecule has 1 aromatic carbocycles. The first kappa shape index (κ1) is 36.1. The zero-order valence-corrected chi connectivity index (χ0v) is 27.2. The number of aromatic nitrogens is 3. The Hall–Kier alpha value is -5.12. The molecule has 0 radical (unpaired) electrons. The van der Waals surface area contributed by atoms with Gasteiger partial charge in [0.2, 0.25) is 12.3 Å². The van der Waals surface area contributed by atoms with Gasteiger partial charge < -0.3 is 10.6 Å². The fourth-order valence-electron chi connectivity index (χ4n) is 5.11. The van der Waals surface area contributed by atoms with E-state index in [1.54, 1.807) is 46.1 Å². The summed E-state index contributed by atoms with van der Waals surface area (Å²) < 4.78 is 3.22. The molecular weight excluding hydrogens is 566 g/mol. The Balaban J connectivity index is 0.000000285. The molecule has 2 N–H and O–H groups in total. The van der Waals surface area contributed by atoms with Crippen LogP contribution in [0.1, 0.15) is 82.0 Å². The van der Waals surface area contributed by atoms with E-state index < -0.39 is 0 Å². The summed E-state index contributed by atoms with van der Waals surface area (Å²) in [5, 5.41) is 5.48. The molecule has 2 aromatic heterocycles. The monoisotopic (exact) mass is 611 g/mol. The van der Waals surface area contributed by atoms with Gasteiger partial charge in [0.05, 0.1) is 11.4 Å². The van der Waals surface area contributed by atoms with Crippen molar-refractivity contribution >= 4 is 48.0 Å². The molecule has 1 aliphatic heterocycles. The predicted molar refractivity (Wildman–Crippen MR) is 187 cm³/mol. The van der Waals surface area contributed by atoms with E-state index >= 15 is 0 Å². The minimum absolute atomic E-state index is 0.118. The lowest BCUT2D eigenvalue weighted by atomic mass is 9.96. The maximum Gasteiger partial charge on any atom is 0.334 e. The Labute approximate surface area is 266 Å². The van der Waals surface area contributed by atoms with Crippen LogP contribution in [0.3, 0.4) is 0 Å². The third-order valence-electron chi connectivity index (χ3n) is 6.87. The lowest BCUT2D eigenvalue weighted by Gasteiger charge is -2.14. The molecule has 45 heavy (non-hydrogen) atoms. The quantitative estimate of drug-likeness (QED) is 0.289. The van der Waals surface area contributed by atoms with Crippen LogP contribution in [0.2, 0.25) is 0 Å². The summed E-state index contributed by atoms with van der Waals surface area (Å²) in [6, 6.07) is 9.88. The number of aliphatic imine (C=N–C) groups is 2. The zero-order chi connectivity index (χ0) is 33.4. The second-order valence-electron chi connectivity index (χ2n) is 9.39. The Morgan fingerprint density at radius 1 is 1.04 bits per heavy atom. The second-order valence-corrected chi connectivity index (χ2v) is 9.39. The molecule has 5 rings (SSSR count). The van der Waals surface area contributed by atoms with Crippen molar-refractivity contribution in [1.82, 2.24) is 14.1 Å². The molecule has 1 aliphatic carbocycles. The third kappa shape index (κ3) is 8.95. The zero-order valence-electron chi connectivity index (χ0n) is 27.2. The number of amides is 2. The number of carbonyl (C=O) groups excluding carboxylic acids is 2. The summed E-state index contributed by atoms with van der Waals surface area (Å²) in [5.41, 5.74) is 5.71. The van der Waals surface area contributed by atoms with Crippen LogP contribution in [0.5, 0.6) is 0 Å². The van der Waals surface area contributed by atoms with Gasteiger partial charge in [-0.1, -0.05) is 53.0 Å². The normalized spacial score (nSPS) is 14.0. The number of nitrogens with zero attached hydrogens (tertiary/aromatic N) is 5. The van der Waals surface area contributed by atoms with Crippen molar-refractivity contribution in [1.29, 1.82) is 0 Å². The van der Waals surface area contributed by atoms with Gasteiger partial charge in [0.15, 0.2) is 0 Å².